The molecule has 1 aliphatic carbocycles. The Morgan fingerprint density at radius 2 is 1.76 bits per heavy atom. The number of benzene rings is 1. The topological polar surface area (TPSA) is 0 Å². The van der Waals surface area contributed by atoms with Gasteiger partial charge in [0.15, 0.2) is 0 Å². The Kier molecular flexibility index (Phi) is 4.14. The van der Waals surface area contributed by atoms with Gasteiger partial charge in [0.1, 0.15) is 0 Å². The maximum Gasteiger partial charge on any atom is 0.0615 e. The van der Waals surface area contributed by atoms with Gasteiger partial charge in [0.25, 0.3) is 0 Å². The molecule has 2 rings (SSSR count). The second-order valence-corrected chi connectivity index (χ2v) is 6.25. The highest BCUT2D eigenvalue weighted by atomic mass is 35.5. The van der Waals surface area contributed by atoms with E-state index in [2.05, 4.69) is 39.0 Å². The molecular formula is C16H23Cl. The monoisotopic (exact) mass is 250 g/mol. The van der Waals surface area contributed by atoms with Crippen LogP contribution in [0.15, 0.2) is 18.2 Å². The molecule has 1 atom stereocenters. The van der Waals surface area contributed by atoms with E-state index in [1.54, 1.807) is 0 Å². The summed E-state index contributed by atoms with van der Waals surface area (Å²) in [4.78, 5) is 0. The minimum atomic E-state index is 0.211. The van der Waals surface area contributed by atoms with Crippen molar-refractivity contribution in [3.63, 3.8) is 0 Å². The van der Waals surface area contributed by atoms with Crippen molar-refractivity contribution >= 4 is 11.6 Å². The van der Waals surface area contributed by atoms with Gasteiger partial charge in [-0.25, -0.2) is 0 Å². The Balaban J connectivity index is 2.11. The van der Waals surface area contributed by atoms with Crippen molar-refractivity contribution in [2.45, 2.75) is 51.8 Å². The Morgan fingerprint density at radius 1 is 1.12 bits per heavy atom. The number of rotatable bonds is 2. The van der Waals surface area contributed by atoms with Gasteiger partial charge in [0.2, 0.25) is 0 Å². The molecule has 0 radical (unpaired) electrons. The van der Waals surface area contributed by atoms with E-state index in [-0.39, 0.29) is 5.38 Å². The molecular weight excluding hydrogens is 228 g/mol. The van der Waals surface area contributed by atoms with Crippen LogP contribution in [0, 0.1) is 25.7 Å². The van der Waals surface area contributed by atoms with E-state index in [1.807, 2.05) is 0 Å². The zero-order valence-electron chi connectivity index (χ0n) is 11.2. The van der Waals surface area contributed by atoms with E-state index in [0.717, 1.165) is 5.92 Å². The molecule has 1 aromatic rings. The lowest BCUT2D eigenvalue weighted by Gasteiger charge is -2.30. The van der Waals surface area contributed by atoms with Gasteiger partial charge in [-0.05, 0) is 49.7 Å². The first-order valence-corrected chi connectivity index (χ1v) is 7.23. The predicted octanol–water partition coefficient (Wildman–Crippen LogP) is 5.41. The molecule has 0 amide bonds. The van der Waals surface area contributed by atoms with Gasteiger partial charge in [-0.1, -0.05) is 43.5 Å². The molecule has 1 aromatic carbocycles. The van der Waals surface area contributed by atoms with Gasteiger partial charge >= 0.3 is 0 Å². The van der Waals surface area contributed by atoms with Gasteiger partial charge < -0.3 is 0 Å². The molecule has 94 valence electrons. The van der Waals surface area contributed by atoms with Gasteiger partial charge in [0.05, 0.1) is 5.38 Å². The van der Waals surface area contributed by atoms with Crippen molar-refractivity contribution in [1.29, 1.82) is 0 Å². The summed E-state index contributed by atoms with van der Waals surface area (Å²) >= 11 is 6.69. The molecule has 1 heteroatoms. The summed E-state index contributed by atoms with van der Waals surface area (Å²) in [6.07, 6.45) is 5.28. The molecule has 1 unspecified atom stereocenters. The third kappa shape index (κ3) is 3.04. The molecule has 1 fully saturated rings. The van der Waals surface area contributed by atoms with Crippen molar-refractivity contribution in [3.8, 4) is 0 Å². The lowest BCUT2D eigenvalue weighted by atomic mass is 9.79. The minimum absolute atomic E-state index is 0.211. The van der Waals surface area contributed by atoms with Crippen molar-refractivity contribution in [3.05, 3.63) is 34.9 Å². The molecule has 0 spiro atoms. The highest BCUT2D eigenvalue weighted by molar-refractivity contribution is 6.21. The SMILES string of the molecule is Cc1ccc(C(Cl)C2CCC(C)CC2)c(C)c1. The fourth-order valence-electron chi connectivity index (χ4n) is 2.97. The summed E-state index contributed by atoms with van der Waals surface area (Å²) in [5, 5.41) is 0.211. The first kappa shape index (κ1) is 13.0. The summed E-state index contributed by atoms with van der Waals surface area (Å²) in [5.74, 6) is 1.57. The van der Waals surface area contributed by atoms with E-state index in [0.29, 0.717) is 5.92 Å². The van der Waals surface area contributed by atoms with Crippen LogP contribution < -0.4 is 0 Å². The largest absolute Gasteiger partial charge is 0.118 e. The van der Waals surface area contributed by atoms with E-state index in [9.17, 15) is 0 Å². The zero-order chi connectivity index (χ0) is 12.4. The van der Waals surface area contributed by atoms with Crippen LogP contribution in [0.3, 0.4) is 0 Å². The van der Waals surface area contributed by atoms with E-state index >= 15 is 0 Å². The molecule has 0 bridgehead atoms. The first-order valence-electron chi connectivity index (χ1n) is 6.79. The quantitative estimate of drug-likeness (QED) is 0.616. The van der Waals surface area contributed by atoms with Crippen molar-refractivity contribution in [2.75, 3.05) is 0 Å². The molecule has 17 heavy (non-hydrogen) atoms. The highest BCUT2D eigenvalue weighted by Gasteiger charge is 2.26. The third-order valence-corrected chi connectivity index (χ3v) is 4.79. The molecule has 0 heterocycles. The summed E-state index contributed by atoms with van der Waals surface area (Å²) in [6.45, 7) is 6.68. The lowest BCUT2D eigenvalue weighted by molar-refractivity contribution is 0.283. The van der Waals surface area contributed by atoms with Crippen LogP contribution in [0.5, 0.6) is 0 Å². The number of halogens is 1. The zero-order valence-corrected chi connectivity index (χ0v) is 11.9. The van der Waals surface area contributed by atoms with Gasteiger partial charge in [-0.15, -0.1) is 11.6 Å². The highest BCUT2D eigenvalue weighted by Crippen LogP contribution is 2.41. The second kappa shape index (κ2) is 5.44. The summed E-state index contributed by atoms with van der Waals surface area (Å²) in [7, 11) is 0. The van der Waals surface area contributed by atoms with Crippen molar-refractivity contribution < 1.29 is 0 Å². The van der Waals surface area contributed by atoms with Crippen LogP contribution in [0.2, 0.25) is 0 Å². The molecule has 0 aliphatic heterocycles. The number of aryl methyl sites for hydroxylation is 2. The van der Waals surface area contributed by atoms with E-state index in [4.69, 9.17) is 11.6 Å². The van der Waals surface area contributed by atoms with Crippen LogP contribution in [0.4, 0.5) is 0 Å². The fourth-order valence-corrected chi connectivity index (χ4v) is 3.46. The van der Waals surface area contributed by atoms with Crippen LogP contribution in [-0.4, -0.2) is 0 Å². The smallest absolute Gasteiger partial charge is 0.0615 e. The molecule has 0 N–H and O–H groups in total. The molecule has 0 saturated heterocycles. The average Bonchev–Trinajstić information content (AvgIpc) is 2.29. The second-order valence-electron chi connectivity index (χ2n) is 5.78. The summed E-state index contributed by atoms with van der Waals surface area (Å²) in [6, 6.07) is 6.65. The number of hydrogen-bond acceptors (Lipinski definition) is 0. The van der Waals surface area contributed by atoms with Gasteiger partial charge in [0, 0.05) is 0 Å². The first-order chi connectivity index (χ1) is 8.08. The Bertz CT molecular complexity index is 375. The summed E-state index contributed by atoms with van der Waals surface area (Å²) in [5.41, 5.74) is 4.02. The Morgan fingerprint density at radius 3 is 2.35 bits per heavy atom. The van der Waals surface area contributed by atoms with Gasteiger partial charge in [-0.2, -0.15) is 0 Å². The Hall–Kier alpha value is -0.490. The standard InChI is InChI=1S/C16H23Cl/c1-11-4-7-14(8-5-11)16(17)15-9-6-12(2)10-13(15)3/h6,9-11,14,16H,4-5,7-8H2,1-3H3. The summed E-state index contributed by atoms with van der Waals surface area (Å²) < 4.78 is 0. The van der Waals surface area contributed by atoms with Crippen LogP contribution >= 0.6 is 11.6 Å². The van der Waals surface area contributed by atoms with Crippen molar-refractivity contribution in [2.24, 2.45) is 11.8 Å². The maximum atomic E-state index is 6.69. The molecule has 0 aromatic heterocycles. The minimum Gasteiger partial charge on any atom is -0.118 e. The maximum absolute atomic E-state index is 6.69. The van der Waals surface area contributed by atoms with Crippen LogP contribution in [0.25, 0.3) is 0 Å². The Labute approximate surface area is 110 Å². The number of alkyl halides is 1. The normalized spacial score (nSPS) is 26.8. The van der Waals surface area contributed by atoms with E-state index < -0.39 is 0 Å². The fraction of sp³-hybridized carbons (Fsp3) is 0.625. The van der Waals surface area contributed by atoms with Crippen molar-refractivity contribution in [1.82, 2.24) is 0 Å². The molecule has 1 aliphatic rings. The van der Waals surface area contributed by atoms with Crippen LogP contribution in [-0.2, 0) is 0 Å². The lowest BCUT2D eigenvalue weighted by Crippen LogP contribution is -2.17. The predicted molar refractivity (Wildman–Crippen MR) is 75.6 cm³/mol. The third-order valence-electron chi connectivity index (χ3n) is 4.20. The van der Waals surface area contributed by atoms with Crippen LogP contribution in [0.1, 0.15) is 54.7 Å². The molecule has 0 nitrogen and oxygen atoms in total. The number of hydrogen-bond donors (Lipinski definition) is 0. The average molecular weight is 251 g/mol. The van der Waals surface area contributed by atoms with E-state index in [1.165, 1.54) is 42.4 Å². The molecule has 1 saturated carbocycles. The van der Waals surface area contributed by atoms with Gasteiger partial charge in [-0.3, -0.25) is 0 Å².